The zero-order chi connectivity index (χ0) is 25.5. The van der Waals surface area contributed by atoms with E-state index >= 15 is 0 Å². The molecular formula is C28H24N3O5P. The van der Waals surface area contributed by atoms with E-state index in [-0.39, 0.29) is 6.01 Å². The monoisotopic (exact) mass is 513 g/mol. The lowest BCUT2D eigenvalue weighted by Crippen LogP contribution is -2.18. The first-order chi connectivity index (χ1) is 18.1. The number of nitrogens with one attached hydrogen (secondary N) is 1. The summed E-state index contributed by atoms with van der Waals surface area (Å²) in [5, 5.41) is 11.4. The van der Waals surface area contributed by atoms with E-state index in [1.165, 1.54) is 0 Å². The van der Waals surface area contributed by atoms with Gasteiger partial charge in [0.1, 0.15) is 17.2 Å². The average Bonchev–Trinajstić information content (AvgIpc) is 3.42. The summed E-state index contributed by atoms with van der Waals surface area (Å²) >= 11 is 0. The second-order valence-electron chi connectivity index (χ2n) is 7.95. The Kier molecular flexibility index (Phi) is 7.19. The Balaban J connectivity index is 1.56. The first-order valence-corrected chi connectivity index (χ1v) is 13.1. The number of hydrogen-bond donors (Lipinski definition) is 1. The van der Waals surface area contributed by atoms with Gasteiger partial charge in [-0.15, -0.1) is 5.10 Å². The van der Waals surface area contributed by atoms with Crippen LogP contribution < -0.4 is 19.1 Å². The van der Waals surface area contributed by atoms with Crippen LogP contribution in [0.15, 0.2) is 120 Å². The van der Waals surface area contributed by atoms with Gasteiger partial charge in [0.05, 0.1) is 7.11 Å². The van der Waals surface area contributed by atoms with E-state index in [0.717, 1.165) is 5.56 Å². The van der Waals surface area contributed by atoms with Crippen molar-refractivity contribution in [1.82, 2.24) is 10.2 Å². The highest BCUT2D eigenvalue weighted by molar-refractivity contribution is 7.55. The standard InChI is InChI=1S/C28H24N3O5P/c1-33-23-19-17-22(18-20-23)27(29-28-31-30-26(34-28)21-11-5-2-6-12-21)37(32,35-24-13-7-3-8-14-24)36-25-15-9-4-10-16-25/h2-20,27H,1H3,(H,29,31). The Morgan fingerprint density at radius 1 is 0.703 bits per heavy atom. The Labute approximate surface area is 214 Å². The Bertz CT molecular complexity index is 1420. The molecule has 0 aliphatic rings. The van der Waals surface area contributed by atoms with E-state index < -0.39 is 13.4 Å². The molecule has 0 fully saturated rings. The summed E-state index contributed by atoms with van der Waals surface area (Å²) < 4.78 is 38.0. The Morgan fingerprint density at radius 2 is 1.24 bits per heavy atom. The maximum atomic E-state index is 14.7. The van der Waals surface area contributed by atoms with Crippen LogP contribution in [0, 0.1) is 0 Å². The predicted molar refractivity (Wildman–Crippen MR) is 141 cm³/mol. The second-order valence-corrected chi connectivity index (χ2v) is 9.91. The van der Waals surface area contributed by atoms with Crippen molar-refractivity contribution in [3.63, 3.8) is 0 Å². The third-order valence-electron chi connectivity index (χ3n) is 5.41. The minimum absolute atomic E-state index is 0.0632. The van der Waals surface area contributed by atoms with Gasteiger partial charge in [0, 0.05) is 5.56 Å². The molecule has 4 aromatic carbocycles. The van der Waals surface area contributed by atoms with Crippen molar-refractivity contribution < 1.29 is 22.8 Å². The molecule has 0 bridgehead atoms. The van der Waals surface area contributed by atoms with Crippen LogP contribution in [0.3, 0.4) is 0 Å². The van der Waals surface area contributed by atoms with Crippen LogP contribution in [0.4, 0.5) is 6.01 Å². The maximum Gasteiger partial charge on any atom is 0.457 e. The topological polar surface area (TPSA) is 95.7 Å². The van der Waals surface area contributed by atoms with Crippen molar-refractivity contribution in [3.8, 4) is 28.7 Å². The van der Waals surface area contributed by atoms with Gasteiger partial charge in [0.2, 0.25) is 5.89 Å². The van der Waals surface area contributed by atoms with Crippen LogP contribution in [-0.4, -0.2) is 17.3 Å². The first-order valence-electron chi connectivity index (χ1n) is 11.5. The number of ether oxygens (including phenoxy) is 1. The zero-order valence-corrected chi connectivity index (χ0v) is 20.8. The second kappa shape index (κ2) is 11.0. The van der Waals surface area contributed by atoms with Crippen LogP contribution in [-0.2, 0) is 4.57 Å². The number of anilines is 1. The Morgan fingerprint density at radius 3 is 1.78 bits per heavy atom. The molecule has 5 rings (SSSR count). The number of benzene rings is 4. The molecule has 1 unspecified atom stereocenters. The van der Waals surface area contributed by atoms with Crippen molar-refractivity contribution >= 4 is 13.6 Å². The van der Waals surface area contributed by atoms with E-state index in [4.69, 9.17) is 18.2 Å². The highest BCUT2D eigenvalue weighted by Gasteiger charge is 2.42. The van der Waals surface area contributed by atoms with Crippen molar-refractivity contribution in [2.24, 2.45) is 0 Å². The van der Waals surface area contributed by atoms with Gasteiger partial charge < -0.3 is 23.5 Å². The van der Waals surface area contributed by atoms with Gasteiger partial charge in [-0.25, -0.2) is 4.57 Å². The quantitative estimate of drug-likeness (QED) is 0.196. The van der Waals surface area contributed by atoms with Crippen molar-refractivity contribution in [3.05, 3.63) is 121 Å². The third kappa shape index (κ3) is 5.82. The van der Waals surface area contributed by atoms with Crippen molar-refractivity contribution in [2.75, 3.05) is 12.4 Å². The molecular weight excluding hydrogens is 489 g/mol. The smallest absolute Gasteiger partial charge is 0.457 e. The third-order valence-corrected chi connectivity index (χ3v) is 7.40. The summed E-state index contributed by atoms with van der Waals surface area (Å²) in [6.45, 7) is 0. The van der Waals surface area contributed by atoms with Crippen LogP contribution in [0.2, 0.25) is 0 Å². The van der Waals surface area contributed by atoms with Gasteiger partial charge in [-0.05, 0) is 54.1 Å². The van der Waals surface area contributed by atoms with Crippen molar-refractivity contribution in [2.45, 2.75) is 5.78 Å². The molecule has 0 saturated heterocycles. The number of hydrogen-bond acceptors (Lipinski definition) is 8. The van der Waals surface area contributed by atoms with Gasteiger partial charge in [0.15, 0.2) is 5.78 Å². The minimum atomic E-state index is -4.03. The predicted octanol–water partition coefficient (Wildman–Crippen LogP) is 7.21. The van der Waals surface area contributed by atoms with Gasteiger partial charge in [-0.2, -0.15) is 0 Å². The normalized spacial score (nSPS) is 11.9. The van der Waals surface area contributed by atoms with E-state index in [9.17, 15) is 4.57 Å². The highest BCUT2D eigenvalue weighted by Crippen LogP contribution is 2.60. The van der Waals surface area contributed by atoms with Crippen LogP contribution >= 0.6 is 7.60 Å². The van der Waals surface area contributed by atoms with Gasteiger partial charge in [-0.3, -0.25) is 0 Å². The molecule has 186 valence electrons. The summed E-state index contributed by atoms with van der Waals surface area (Å²) in [6.07, 6.45) is 0. The first kappa shape index (κ1) is 24.2. The number of rotatable bonds is 10. The maximum absolute atomic E-state index is 14.7. The van der Waals surface area contributed by atoms with Crippen LogP contribution in [0.25, 0.3) is 11.5 Å². The van der Waals surface area contributed by atoms with E-state index in [1.54, 1.807) is 79.9 Å². The Hall–Kier alpha value is -4.55. The summed E-state index contributed by atoms with van der Waals surface area (Å²) in [5.74, 6) is 0.729. The molecule has 0 amide bonds. The summed E-state index contributed by atoms with van der Waals surface area (Å²) in [7, 11) is -2.45. The molecule has 1 N–H and O–H groups in total. The molecule has 0 saturated carbocycles. The van der Waals surface area contributed by atoms with E-state index in [1.807, 2.05) is 42.5 Å². The van der Waals surface area contributed by atoms with E-state index in [0.29, 0.717) is 28.7 Å². The number of aromatic nitrogens is 2. The fourth-order valence-electron chi connectivity index (χ4n) is 3.61. The largest absolute Gasteiger partial charge is 0.497 e. The van der Waals surface area contributed by atoms with Crippen LogP contribution in [0.1, 0.15) is 11.3 Å². The van der Waals surface area contributed by atoms with Gasteiger partial charge >= 0.3 is 13.6 Å². The molecule has 1 aromatic heterocycles. The molecule has 1 heterocycles. The van der Waals surface area contributed by atoms with Crippen LogP contribution in [0.5, 0.6) is 17.2 Å². The molecule has 0 spiro atoms. The molecule has 5 aromatic rings. The molecule has 0 aliphatic heterocycles. The lowest BCUT2D eigenvalue weighted by Gasteiger charge is -2.28. The molecule has 1 atom stereocenters. The van der Waals surface area contributed by atoms with Crippen molar-refractivity contribution in [1.29, 1.82) is 0 Å². The van der Waals surface area contributed by atoms with Gasteiger partial charge in [-0.1, -0.05) is 71.8 Å². The summed E-state index contributed by atoms with van der Waals surface area (Å²) in [5.41, 5.74) is 1.36. The summed E-state index contributed by atoms with van der Waals surface area (Å²) in [6, 6.07) is 34.3. The SMILES string of the molecule is COc1ccc(C(Nc2nnc(-c3ccccc3)o2)P(=O)(Oc2ccccc2)Oc2ccccc2)cc1. The lowest BCUT2D eigenvalue weighted by atomic mass is 10.2. The van der Waals surface area contributed by atoms with E-state index in [2.05, 4.69) is 15.5 Å². The van der Waals surface area contributed by atoms with Gasteiger partial charge in [0.25, 0.3) is 0 Å². The fourth-order valence-corrected chi connectivity index (χ4v) is 5.49. The summed E-state index contributed by atoms with van der Waals surface area (Å²) in [4.78, 5) is 0. The molecule has 9 heteroatoms. The number of methoxy groups -OCH3 is 1. The number of para-hydroxylation sites is 2. The molecule has 0 radical (unpaired) electrons. The highest BCUT2D eigenvalue weighted by atomic mass is 31.2. The lowest BCUT2D eigenvalue weighted by molar-refractivity contribution is 0.375. The molecule has 8 nitrogen and oxygen atoms in total. The molecule has 0 aliphatic carbocycles. The zero-order valence-electron chi connectivity index (χ0n) is 19.9. The average molecular weight is 513 g/mol. The fraction of sp³-hybridized carbons (Fsp3) is 0.0714. The minimum Gasteiger partial charge on any atom is -0.497 e. The molecule has 37 heavy (non-hydrogen) atoms. The number of nitrogens with zero attached hydrogens (tertiary/aromatic N) is 2.